The Labute approximate surface area is 290 Å². The van der Waals surface area contributed by atoms with Crippen molar-refractivity contribution in [1.29, 1.82) is 0 Å². The van der Waals surface area contributed by atoms with Crippen LogP contribution in [0.3, 0.4) is 0 Å². The van der Waals surface area contributed by atoms with Crippen molar-refractivity contribution < 1.29 is 47.8 Å². The summed E-state index contributed by atoms with van der Waals surface area (Å²) in [5.74, 6) is -0.980. The van der Waals surface area contributed by atoms with Gasteiger partial charge in [0.15, 0.2) is 6.10 Å². The molecule has 0 radical (unpaired) electrons. The topological polar surface area (TPSA) is 149 Å². The van der Waals surface area contributed by atoms with Gasteiger partial charge in [-0.1, -0.05) is 120 Å². The molecule has 1 unspecified atom stereocenters. The van der Waals surface area contributed by atoms with E-state index in [0.717, 1.165) is 57.8 Å². The lowest BCUT2D eigenvalue weighted by molar-refractivity contribution is -0.161. The smallest absolute Gasteiger partial charge is 0.462 e. The first kappa shape index (κ1) is 45.9. The fraction of sp³-hybridized carbons (Fsp3) is 0.730. The van der Waals surface area contributed by atoms with Crippen molar-refractivity contribution in [3.63, 3.8) is 0 Å². The predicted molar refractivity (Wildman–Crippen MR) is 191 cm³/mol. The van der Waals surface area contributed by atoms with Crippen molar-refractivity contribution >= 4 is 19.8 Å². The van der Waals surface area contributed by atoms with Gasteiger partial charge in [0.05, 0.1) is 19.8 Å². The minimum absolute atomic E-state index is 0.175. The van der Waals surface area contributed by atoms with E-state index in [2.05, 4.69) is 67.0 Å². The lowest BCUT2D eigenvalue weighted by Crippen LogP contribution is -2.29. The largest absolute Gasteiger partial charge is 0.472 e. The molecule has 0 rings (SSSR count). The van der Waals surface area contributed by atoms with Crippen LogP contribution in [0, 0.1) is 0 Å². The molecule has 48 heavy (non-hydrogen) atoms. The van der Waals surface area contributed by atoms with E-state index in [1.54, 1.807) is 0 Å². The van der Waals surface area contributed by atoms with Crippen molar-refractivity contribution in [3.8, 4) is 0 Å². The minimum Gasteiger partial charge on any atom is -0.462 e. The first-order valence-electron chi connectivity index (χ1n) is 18.1. The fourth-order valence-electron chi connectivity index (χ4n) is 4.45. The van der Waals surface area contributed by atoms with Gasteiger partial charge in [-0.05, 0) is 51.4 Å². The van der Waals surface area contributed by atoms with E-state index in [1.807, 2.05) is 0 Å². The highest BCUT2D eigenvalue weighted by Gasteiger charge is 2.27. The SMILES string of the molecule is CC/C=C/C/C=C/C/C=C/C/C=C/CCCCC(=O)OC[C@@H](COP(=O)(O)OC[C@H](O)CO)OC(=O)CCCCCCCCCCCC. The van der Waals surface area contributed by atoms with E-state index < -0.39 is 51.8 Å². The molecule has 0 heterocycles. The molecule has 3 atom stereocenters. The van der Waals surface area contributed by atoms with Crippen LogP contribution in [0.1, 0.15) is 136 Å². The van der Waals surface area contributed by atoms with Crippen LogP contribution in [0.5, 0.6) is 0 Å². The summed E-state index contributed by atoms with van der Waals surface area (Å²) in [7, 11) is -4.62. The molecule has 0 aromatic heterocycles. The summed E-state index contributed by atoms with van der Waals surface area (Å²) < 4.78 is 32.4. The first-order chi connectivity index (χ1) is 23.2. The molecule has 0 saturated heterocycles. The number of esters is 2. The second-order valence-electron chi connectivity index (χ2n) is 11.9. The van der Waals surface area contributed by atoms with Crippen LogP contribution in [0.2, 0.25) is 0 Å². The van der Waals surface area contributed by atoms with Gasteiger partial charge in [-0.15, -0.1) is 0 Å². The molecule has 0 spiro atoms. The van der Waals surface area contributed by atoms with Gasteiger partial charge in [0.2, 0.25) is 0 Å². The molecule has 0 amide bonds. The number of rotatable bonds is 33. The average Bonchev–Trinajstić information content (AvgIpc) is 3.07. The summed E-state index contributed by atoms with van der Waals surface area (Å²) in [5, 5.41) is 18.2. The third-order valence-corrected chi connectivity index (χ3v) is 8.20. The number of hydrogen-bond acceptors (Lipinski definition) is 9. The summed E-state index contributed by atoms with van der Waals surface area (Å²) in [6, 6.07) is 0. The van der Waals surface area contributed by atoms with Crippen LogP contribution in [-0.4, -0.2) is 65.7 Å². The van der Waals surface area contributed by atoms with Gasteiger partial charge in [0.25, 0.3) is 0 Å². The van der Waals surface area contributed by atoms with Gasteiger partial charge in [-0.3, -0.25) is 18.6 Å². The quantitative estimate of drug-likeness (QED) is 0.0263. The number of aliphatic hydroxyl groups is 2. The third-order valence-electron chi connectivity index (χ3n) is 7.25. The molecule has 3 N–H and O–H groups in total. The zero-order valence-electron chi connectivity index (χ0n) is 29.7. The van der Waals surface area contributed by atoms with Crippen molar-refractivity contribution in [2.24, 2.45) is 0 Å². The second kappa shape index (κ2) is 33.4. The Morgan fingerprint density at radius 1 is 0.646 bits per heavy atom. The van der Waals surface area contributed by atoms with Crippen LogP contribution >= 0.6 is 7.82 Å². The van der Waals surface area contributed by atoms with Crippen molar-refractivity contribution in [2.45, 2.75) is 148 Å². The molecule has 0 fully saturated rings. The summed E-state index contributed by atoms with van der Waals surface area (Å²) in [6.07, 6.45) is 32.4. The highest BCUT2D eigenvalue weighted by atomic mass is 31.2. The average molecular weight is 701 g/mol. The number of ether oxygens (including phenoxy) is 2. The Balaban J connectivity index is 4.46. The molecule has 0 saturated carbocycles. The maximum absolute atomic E-state index is 12.5. The minimum atomic E-state index is -4.62. The number of unbranched alkanes of at least 4 members (excludes halogenated alkanes) is 11. The standard InChI is InChI=1S/C37H65O10P/c1-3-5-7-9-11-13-15-16-17-18-19-21-22-24-26-28-36(40)44-32-35(33-46-48(42,43)45-31-34(39)30-38)47-37(41)29-27-25-23-20-14-12-10-8-6-4-2/h5,7,11,13,16-17,19,21,34-35,38-39H,3-4,6,8-10,12,14-15,18,20,22-33H2,1-2H3,(H,42,43)/b7-5+,13-11+,17-16+,21-19+/t34-,35+/m1/s1. The molecular weight excluding hydrogens is 635 g/mol. The molecule has 10 nitrogen and oxygen atoms in total. The van der Waals surface area contributed by atoms with Gasteiger partial charge >= 0.3 is 19.8 Å². The molecular formula is C37H65O10P. The molecule has 0 aromatic rings. The van der Waals surface area contributed by atoms with E-state index in [9.17, 15) is 24.2 Å². The maximum Gasteiger partial charge on any atom is 0.472 e. The Morgan fingerprint density at radius 2 is 1.15 bits per heavy atom. The van der Waals surface area contributed by atoms with Crippen LogP contribution in [0.4, 0.5) is 0 Å². The normalized spacial score (nSPS) is 14.7. The van der Waals surface area contributed by atoms with Crippen molar-refractivity contribution in [3.05, 3.63) is 48.6 Å². The van der Waals surface area contributed by atoms with Gasteiger partial charge < -0.3 is 24.6 Å². The van der Waals surface area contributed by atoms with Crippen LogP contribution < -0.4 is 0 Å². The Kier molecular flexibility index (Phi) is 32.0. The predicted octanol–water partition coefficient (Wildman–Crippen LogP) is 8.60. The number of aliphatic hydroxyl groups excluding tert-OH is 2. The van der Waals surface area contributed by atoms with Crippen LogP contribution in [0.15, 0.2) is 48.6 Å². The van der Waals surface area contributed by atoms with Crippen LogP contribution in [-0.2, 0) is 32.7 Å². The number of carbonyl (C=O) groups is 2. The lowest BCUT2D eigenvalue weighted by Gasteiger charge is -2.20. The van der Waals surface area contributed by atoms with E-state index in [0.29, 0.717) is 12.8 Å². The number of carbonyl (C=O) groups excluding carboxylic acids is 2. The summed E-state index contributed by atoms with van der Waals surface area (Å²) in [6.45, 7) is 2.17. The third kappa shape index (κ3) is 32.5. The van der Waals surface area contributed by atoms with Crippen molar-refractivity contribution in [1.82, 2.24) is 0 Å². The highest BCUT2D eigenvalue weighted by Crippen LogP contribution is 2.43. The van der Waals surface area contributed by atoms with Gasteiger partial charge in [-0.2, -0.15) is 0 Å². The van der Waals surface area contributed by atoms with E-state index in [1.165, 1.54) is 38.5 Å². The van der Waals surface area contributed by atoms with Gasteiger partial charge in [-0.25, -0.2) is 4.57 Å². The molecule has 0 aromatic carbocycles. The molecule has 0 aliphatic heterocycles. The molecule has 11 heteroatoms. The van der Waals surface area contributed by atoms with Crippen LogP contribution in [0.25, 0.3) is 0 Å². The lowest BCUT2D eigenvalue weighted by atomic mass is 10.1. The summed E-state index contributed by atoms with van der Waals surface area (Å²) >= 11 is 0. The highest BCUT2D eigenvalue weighted by molar-refractivity contribution is 7.47. The zero-order valence-corrected chi connectivity index (χ0v) is 30.6. The maximum atomic E-state index is 12.5. The zero-order chi connectivity index (χ0) is 35.6. The Morgan fingerprint density at radius 3 is 1.73 bits per heavy atom. The Hall–Kier alpha value is -2.07. The monoisotopic (exact) mass is 700 g/mol. The molecule has 0 bridgehead atoms. The second-order valence-corrected chi connectivity index (χ2v) is 13.3. The van der Waals surface area contributed by atoms with E-state index >= 15 is 0 Å². The Bertz CT molecular complexity index is 946. The number of hydrogen-bond donors (Lipinski definition) is 3. The number of allylic oxidation sites excluding steroid dienone is 8. The number of phosphoric acid groups is 1. The van der Waals surface area contributed by atoms with E-state index in [4.69, 9.17) is 19.1 Å². The fourth-order valence-corrected chi connectivity index (χ4v) is 5.24. The van der Waals surface area contributed by atoms with Crippen molar-refractivity contribution in [2.75, 3.05) is 26.4 Å². The molecule has 0 aliphatic carbocycles. The first-order valence-corrected chi connectivity index (χ1v) is 19.6. The van der Waals surface area contributed by atoms with Gasteiger partial charge in [0, 0.05) is 12.8 Å². The number of phosphoric ester groups is 1. The summed E-state index contributed by atoms with van der Waals surface area (Å²) in [4.78, 5) is 34.7. The van der Waals surface area contributed by atoms with E-state index in [-0.39, 0.29) is 19.4 Å². The molecule has 0 aliphatic rings. The van der Waals surface area contributed by atoms with Gasteiger partial charge in [0.1, 0.15) is 12.7 Å². The summed E-state index contributed by atoms with van der Waals surface area (Å²) in [5.41, 5.74) is 0. The molecule has 278 valence electrons.